The van der Waals surface area contributed by atoms with E-state index < -0.39 is 0 Å². The molecule has 0 bridgehead atoms. The van der Waals surface area contributed by atoms with Gasteiger partial charge in [-0.25, -0.2) is 14.8 Å². The normalized spacial score (nSPS) is 15.2. The molecule has 8 heteroatoms. The Morgan fingerprint density at radius 3 is 2.50 bits per heavy atom. The fourth-order valence-corrected chi connectivity index (χ4v) is 3.88. The molecular weight excluding hydrogens is 404 g/mol. The van der Waals surface area contributed by atoms with Crippen LogP contribution in [0.25, 0.3) is 0 Å². The van der Waals surface area contributed by atoms with E-state index in [2.05, 4.69) is 40.0 Å². The van der Waals surface area contributed by atoms with E-state index in [0.29, 0.717) is 19.6 Å². The number of hydrogen-bond donors (Lipinski definition) is 1. The number of rotatable bonds is 7. The average molecular weight is 441 g/mol. The van der Waals surface area contributed by atoms with Crippen molar-refractivity contribution >= 4 is 11.8 Å². The summed E-state index contributed by atoms with van der Waals surface area (Å²) in [5.41, 5.74) is 2.09. The summed E-state index contributed by atoms with van der Waals surface area (Å²) in [6, 6.07) is 10.0. The van der Waals surface area contributed by atoms with E-state index in [-0.39, 0.29) is 18.0 Å². The van der Waals surface area contributed by atoms with Gasteiger partial charge >= 0.3 is 6.03 Å². The Balaban J connectivity index is 1.57. The first-order valence-corrected chi connectivity index (χ1v) is 11.2. The van der Waals surface area contributed by atoms with Gasteiger partial charge in [-0.2, -0.15) is 0 Å². The number of carbonyl (C=O) groups excluding carboxylic acids is 1. The van der Waals surface area contributed by atoms with Crippen LogP contribution in [0.2, 0.25) is 0 Å². The molecule has 1 aromatic carbocycles. The highest BCUT2D eigenvalue weighted by atomic mass is 16.5. The van der Waals surface area contributed by atoms with Crippen LogP contribution in [-0.4, -0.2) is 79.7 Å². The highest BCUT2D eigenvalue weighted by Crippen LogP contribution is 2.22. The maximum absolute atomic E-state index is 12.8. The molecule has 0 saturated carbocycles. The van der Waals surface area contributed by atoms with Crippen molar-refractivity contribution in [2.24, 2.45) is 0 Å². The number of methoxy groups -OCH3 is 1. The molecule has 2 amide bonds. The lowest BCUT2D eigenvalue weighted by Crippen LogP contribution is -2.52. The summed E-state index contributed by atoms with van der Waals surface area (Å²) in [5, 5.41) is 3.12. The largest absolute Gasteiger partial charge is 0.497 e. The molecule has 2 heterocycles. The number of nitrogens with one attached hydrogen (secondary N) is 1. The Morgan fingerprint density at radius 1 is 1.16 bits per heavy atom. The predicted molar refractivity (Wildman–Crippen MR) is 127 cm³/mol. The number of aromatic nitrogens is 2. The van der Waals surface area contributed by atoms with Crippen LogP contribution in [0, 0.1) is 6.92 Å². The minimum absolute atomic E-state index is 0.0267. The Bertz CT molecular complexity index is 909. The molecule has 1 unspecified atom stereocenters. The molecule has 1 aliphatic rings. The molecule has 2 aromatic rings. The predicted octanol–water partition coefficient (Wildman–Crippen LogP) is 3.05. The lowest BCUT2D eigenvalue weighted by atomic mass is 10.1. The van der Waals surface area contributed by atoms with Crippen molar-refractivity contribution in [1.29, 1.82) is 0 Å². The molecule has 1 aliphatic heterocycles. The van der Waals surface area contributed by atoms with Gasteiger partial charge in [-0.3, -0.25) is 0 Å². The monoisotopic (exact) mass is 440 g/mol. The minimum Gasteiger partial charge on any atom is -0.497 e. The number of urea groups is 1. The Labute approximate surface area is 191 Å². The van der Waals surface area contributed by atoms with E-state index in [0.717, 1.165) is 41.7 Å². The molecule has 0 aliphatic carbocycles. The standard InChI is InChI=1S/C24H36N6O2/c1-17(2)23-26-18(3)14-22(27-23)29-10-12-30(13-11-29)24(31)25-16-21(28(4)5)19-8-7-9-20(15-19)32-6/h7-9,14-15,17,21H,10-13,16H2,1-6H3,(H,25,31). The summed E-state index contributed by atoms with van der Waals surface area (Å²) >= 11 is 0. The Morgan fingerprint density at radius 2 is 1.88 bits per heavy atom. The quantitative estimate of drug-likeness (QED) is 0.713. The third-order valence-electron chi connectivity index (χ3n) is 5.81. The zero-order valence-corrected chi connectivity index (χ0v) is 20.1. The SMILES string of the molecule is COc1cccc(C(CNC(=O)N2CCN(c3cc(C)nc(C(C)C)n3)CC2)N(C)C)c1. The summed E-state index contributed by atoms with van der Waals surface area (Å²) in [5.74, 6) is 2.92. The van der Waals surface area contributed by atoms with Crippen molar-refractivity contribution < 1.29 is 9.53 Å². The number of ether oxygens (including phenoxy) is 1. The maximum Gasteiger partial charge on any atom is 0.317 e. The minimum atomic E-state index is -0.0267. The van der Waals surface area contributed by atoms with Crippen molar-refractivity contribution in [1.82, 2.24) is 25.1 Å². The summed E-state index contributed by atoms with van der Waals surface area (Å²) in [4.78, 5) is 28.3. The van der Waals surface area contributed by atoms with Gasteiger partial charge in [0.05, 0.1) is 13.2 Å². The number of amides is 2. The van der Waals surface area contributed by atoms with Gasteiger partial charge in [0.15, 0.2) is 0 Å². The van der Waals surface area contributed by atoms with Crippen molar-refractivity contribution in [3.63, 3.8) is 0 Å². The Kier molecular flexibility index (Phi) is 7.90. The molecule has 1 atom stereocenters. The topological polar surface area (TPSA) is 73.8 Å². The molecule has 0 radical (unpaired) electrons. The van der Waals surface area contributed by atoms with Crippen LogP contribution in [0.4, 0.5) is 10.6 Å². The van der Waals surface area contributed by atoms with Crippen LogP contribution < -0.4 is 15.0 Å². The van der Waals surface area contributed by atoms with Gasteiger partial charge in [-0.1, -0.05) is 26.0 Å². The van der Waals surface area contributed by atoms with E-state index in [1.165, 1.54) is 0 Å². The van der Waals surface area contributed by atoms with E-state index in [1.807, 2.05) is 50.2 Å². The number of anilines is 1. The van der Waals surface area contributed by atoms with Crippen molar-refractivity contribution in [2.45, 2.75) is 32.7 Å². The van der Waals surface area contributed by atoms with Crippen molar-refractivity contribution in [3.8, 4) is 5.75 Å². The molecular formula is C24H36N6O2. The van der Waals surface area contributed by atoms with Crippen molar-refractivity contribution in [2.75, 3.05) is 58.8 Å². The number of piperazine rings is 1. The molecule has 1 fully saturated rings. The smallest absolute Gasteiger partial charge is 0.317 e. The zero-order chi connectivity index (χ0) is 23.3. The second-order valence-electron chi connectivity index (χ2n) is 8.80. The number of benzene rings is 1. The fraction of sp³-hybridized carbons (Fsp3) is 0.542. The summed E-state index contributed by atoms with van der Waals surface area (Å²) < 4.78 is 5.35. The van der Waals surface area contributed by atoms with E-state index >= 15 is 0 Å². The van der Waals surface area contributed by atoms with Crippen LogP contribution in [0.3, 0.4) is 0 Å². The zero-order valence-electron chi connectivity index (χ0n) is 20.1. The highest BCUT2D eigenvalue weighted by molar-refractivity contribution is 5.74. The summed E-state index contributed by atoms with van der Waals surface area (Å²) in [7, 11) is 5.70. The first-order chi connectivity index (χ1) is 15.3. The van der Waals surface area contributed by atoms with Crippen LogP contribution in [0.15, 0.2) is 30.3 Å². The Hall–Kier alpha value is -2.87. The number of aryl methyl sites for hydroxylation is 1. The van der Waals surface area contributed by atoms with Crippen LogP contribution >= 0.6 is 0 Å². The van der Waals surface area contributed by atoms with Gasteiger partial charge in [0.2, 0.25) is 0 Å². The summed E-state index contributed by atoms with van der Waals surface area (Å²) in [6.45, 7) is 9.59. The van der Waals surface area contributed by atoms with E-state index in [4.69, 9.17) is 9.72 Å². The number of hydrogen-bond acceptors (Lipinski definition) is 6. The van der Waals surface area contributed by atoms with Gasteiger partial charge in [-0.15, -0.1) is 0 Å². The molecule has 8 nitrogen and oxygen atoms in total. The van der Waals surface area contributed by atoms with Crippen LogP contribution in [0.5, 0.6) is 5.75 Å². The molecule has 1 saturated heterocycles. The van der Waals surface area contributed by atoms with Gasteiger partial charge in [0.1, 0.15) is 17.4 Å². The number of carbonyl (C=O) groups is 1. The molecule has 3 rings (SSSR count). The first kappa shape index (κ1) is 23.8. The third-order valence-corrected chi connectivity index (χ3v) is 5.81. The van der Waals surface area contributed by atoms with Gasteiger partial charge < -0.3 is 24.8 Å². The van der Waals surface area contributed by atoms with Crippen molar-refractivity contribution in [3.05, 3.63) is 47.4 Å². The van der Waals surface area contributed by atoms with E-state index in [1.54, 1.807) is 7.11 Å². The highest BCUT2D eigenvalue weighted by Gasteiger charge is 2.24. The van der Waals surface area contributed by atoms with Crippen LogP contribution in [-0.2, 0) is 0 Å². The molecule has 1 aromatic heterocycles. The second-order valence-corrected chi connectivity index (χ2v) is 8.80. The lowest BCUT2D eigenvalue weighted by Gasteiger charge is -2.36. The van der Waals surface area contributed by atoms with E-state index in [9.17, 15) is 4.79 Å². The van der Waals surface area contributed by atoms with Gasteiger partial charge in [0.25, 0.3) is 0 Å². The lowest BCUT2D eigenvalue weighted by molar-refractivity contribution is 0.189. The molecule has 32 heavy (non-hydrogen) atoms. The molecule has 1 N–H and O–H groups in total. The molecule has 174 valence electrons. The molecule has 0 spiro atoms. The maximum atomic E-state index is 12.8. The number of likely N-dealkylation sites (N-methyl/N-ethyl adjacent to an activating group) is 1. The first-order valence-electron chi connectivity index (χ1n) is 11.2. The van der Waals surface area contributed by atoms with Gasteiger partial charge in [0, 0.05) is 50.4 Å². The van der Waals surface area contributed by atoms with Gasteiger partial charge in [-0.05, 0) is 38.7 Å². The second kappa shape index (κ2) is 10.6. The van der Waals surface area contributed by atoms with Crippen LogP contribution in [0.1, 0.15) is 42.9 Å². The average Bonchev–Trinajstić information content (AvgIpc) is 2.78. The fourth-order valence-electron chi connectivity index (χ4n) is 3.88. The number of nitrogens with zero attached hydrogens (tertiary/aromatic N) is 5. The third kappa shape index (κ3) is 5.88. The summed E-state index contributed by atoms with van der Waals surface area (Å²) in [6.07, 6.45) is 0.